The first-order valence-electron chi connectivity index (χ1n) is 11.7. The summed E-state index contributed by atoms with van der Waals surface area (Å²) in [6, 6.07) is 8.42. The van der Waals surface area contributed by atoms with Crippen molar-refractivity contribution in [1.82, 2.24) is 29.9 Å². The van der Waals surface area contributed by atoms with Crippen LogP contribution in [0.15, 0.2) is 29.1 Å². The predicted molar refractivity (Wildman–Crippen MR) is 128 cm³/mol. The molecule has 0 spiro atoms. The topological polar surface area (TPSA) is 96.8 Å². The molecule has 1 amide bonds. The summed E-state index contributed by atoms with van der Waals surface area (Å²) in [5, 5.41) is 8.28. The van der Waals surface area contributed by atoms with Gasteiger partial charge < -0.3 is 9.88 Å². The summed E-state index contributed by atoms with van der Waals surface area (Å²) < 4.78 is 1.68. The van der Waals surface area contributed by atoms with Gasteiger partial charge in [-0.2, -0.15) is 0 Å². The number of hydrogen-bond acceptors (Lipinski definition) is 5. The van der Waals surface area contributed by atoms with Crippen LogP contribution in [0.2, 0.25) is 0 Å². The molecule has 1 aliphatic heterocycles. The summed E-state index contributed by atoms with van der Waals surface area (Å²) >= 11 is 0. The number of aromatic amines is 1. The summed E-state index contributed by atoms with van der Waals surface area (Å²) in [5.74, 6) is 0.711. The van der Waals surface area contributed by atoms with Gasteiger partial charge in [-0.25, -0.2) is 9.67 Å². The van der Waals surface area contributed by atoms with Gasteiger partial charge >= 0.3 is 0 Å². The van der Waals surface area contributed by atoms with E-state index in [0.717, 1.165) is 24.9 Å². The molecule has 1 saturated heterocycles. The maximum absolute atomic E-state index is 12.8. The third kappa shape index (κ3) is 4.84. The van der Waals surface area contributed by atoms with Crippen LogP contribution in [-0.4, -0.2) is 48.9 Å². The Morgan fingerprint density at radius 3 is 2.45 bits per heavy atom. The molecule has 4 rings (SSSR count). The Balaban J connectivity index is 1.61. The highest BCUT2D eigenvalue weighted by Gasteiger charge is 2.32. The Hall–Kier alpha value is -3.03. The van der Waals surface area contributed by atoms with Crippen LogP contribution in [0.1, 0.15) is 77.3 Å². The molecule has 1 aromatic carbocycles. The molecule has 0 aliphatic carbocycles. The molecular weight excluding hydrogens is 416 g/mol. The molecule has 1 unspecified atom stereocenters. The highest BCUT2D eigenvalue weighted by molar-refractivity contribution is 5.81. The van der Waals surface area contributed by atoms with Crippen LogP contribution in [0.3, 0.4) is 0 Å². The average Bonchev–Trinajstić information content (AvgIpc) is 3.15. The Kier molecular flexibility index (Phi) is 5.88. The number of aromatic nitrogens is 5. The summed E-state index contributed by atoms with van der Waals surface area (Å²) in [5.41, 5.74) is 2.42. The molecule has 3 heterocycles. The fraction of sp³-hybridized carbons (Fsp3) is 0.560. The quantitative estimate of drug-likeness (QED) is 0.657. The number of nitrogens with zero attached hydrogens (tertiary/aromatic N) is 5. The maximum Gasteiger partial charge on any atom is 0.281 e. The van der Waals surface area contributed by atoms with Crippen molar-refractivity contribution in [2.45, 2.75) is 72.3 Å². The maximum atomic E-state index is 12.8. The van der Waals surface area contributed by atoms with Crippen molar-refractivity contribution < 1.29 is 4.79 Å². The first kappa shape index (κ1) is 23.1. The summed E-state index contributed by atoms with van der Waals surface area (Å²) in [6.07, 6.45) is 1.75. The fourth-order valence-corrected chi connectivity index (χ4v) is 4.33. The van der Waals surface area contributed by atoms with Crippen molar-refractivity contribution in [2.24, 2.45) is 5.41 Å². The average molecular weight is 451 g/mol. The zero-order valence-corrected chi connectivity index (χ0v) is 20.5. The number of hydrogen-bond donors (Lipinski definition) is 1. The van der Waals surface area contributed by atoms with E-state index in [9.17, 15) is 9.59 Å². The second-order valence-electron chi connectivity index (χ2n) is 11.2. The first-order chi connectivity index (χ1) is 15.4. The van der Waals surface area contributed by atoms with Crippen LogP contribution in [0.25, 0.3) is 11.2 Å². The first-order valence-corrected chi connectivity index (χ1v) is 11.7. The van der Waals surface area contributed by atoms with Gasteiger partial charge in [-0.1, -0.05) is 71.0 Å². The summed E-state index contributed by atoms with van der Waals surface area (Å²) in [7, 11) is 0. The Labute approximate surface area is 194 Å². The Bertz CT molecular complexity index is 1210. The van der Waals surface area contributed by atoms with Crippen LogP contribution < -0.4 is 5.56 Å². The van der Waals surface area contributed by atoms with Crippen LogP contribution in [0, 0.1) is 5.41 Å². The van der Waals surface area contributed by atoms with Gasteiger partial charge in [0.15, 0.2) is 11.2 Å². The molecular formula is C25H34N6O2. The standard InChI is InChI=1S/C25H34N6O2/c1-24(2,3)18-11-9-16(10-12-18)14-31-21-19(28-29-31)22(32)27-20(26-21)17-8-7-13-30(15-17)23(33)25(4,5)6/h9-12,17H,7-8,13-15H2,1-6H3,(H,26,27,32). The van der Waals surface area contributed by atoms with Crippen LogP contribution in [0.5, 0.6) is 0 Å². The number of likely N-dealkylation sites (tertiary alicyclic amines) is 1. The molecule has 0 saturated carbocycles. The molecule has 8 nitrogen and oxygen atoms in total. The van der Waals surface area contributed by atoms with Gasteiger partial charge in [0, 0.05) is 24.4 Å². The van der Waals surface area contributed by atoms with E-state index < -0.39 is 5.41 Å². The van der Waals surface area contributed by atoms with E-state index >= 15 is 0 Å². The number of fused-ring (bicyclic) bond motifs is 1. The number of rotatable bonds is 3. The number of nitrogens with one attached hydrogen (secondary N) is 1. The number of carbonyl (C=O) groups excluding carboxylic acids is 1. The molecule has 1 fully saturated rings. The zero-order chi connectivity index (χ0) is 24.0. The molecule has 8 heteroatoms. The van der Waals surface area contributed by atoms with Gasteiger partial charge in [0.05, 0.1) is 6.54 Å². The second kappa shape index (κ2) is 8.39. The van der Waals surface area contributed by atoms with E-state index in [4.69, 9.17) is 4.98 Å². The molecule has 0 bridgehead atoms. The molecule has 176 valence electrons. The minimum atomic E-state index is -0.433. The molecule has 0 radical (unpaired) electrons. The molecule has 1 N–H and O–H groups in total. The van der Waals surface area contributed by atoms with Gasteiger partial charge in [0.1, 0.15) is 5.82 Å². The van der Waals surface area contributed by atoms with Crippen molar-refractivity contribution in [3.05, 3.63) is 51.6 Å². The number of benzene rings is 1. The summed E-state index contributed by atoms with van der Waals surface area (Å²) in [4.78, 5) is 35.1. The van der Waals surface area contributed by atoms with Crippen molar-refractivity contribution in [1.29, 1.82) is 0 Å². The lowest BCUT2D eigenvalue weighted by Gasteiger charge is -2.36. The fourth-order valence-electron chi connectivity index (χ4n) is 4.33. The summed E-state index contributed by atoms with van der Waals surface area (Å²) in [6.45, 7) is 14.1. The second-order valence-corrected chi connectivity index (χ2v) is 11.2. The lowest BCUT2D eigenvalue weighted by atomic mass is 9.87. The van der Waals surface area contributed by atoms with E-state index in [1.165, 1.54) is 5.56 Å². The third-order valence-corrected chi connectivity index (χ3v) is 6.28. The Morgan fingerprint density at radius 2 is 1.82 bits per heavy atom. The molecule has 2 aromatic heterocycles. The third-order valence-electron chi connectivity index (χ3n) is 6.28. The van der Waals surface area contributed by atoms with E-state index in [1.54, 1.807) is 4.68 Å². The predicted octanol–water partition coefficient (Wildman–Crippen LogP) is 3.61. The molecule has 1 aliphatic rings. The number of amides is 1. The zero-order valence-electron chi connectivity index (χ0n) is 20.5. The van der Waals surface area contributed by atoms with Crippen LogP contribution in [0.4, 0.5) is 0 Å². The van der Waals surface area contributed by atoms with Crippen LogP contribution in [-0.2, 0) is 16.8 Å². The molecule has 1 atom stereocenters. The Morgan fingerprint density at radius 1 is 1.12 bits per heavy atom. The van der Waals surface area contributed by atoms with Gasteiger partial charge in [-0.3, -0.25) is 9.59 Å². The lowest BCUT2D eigenvalue weighted by molar-refractivity contribution is -0.140. The SMILES string of the molecule is CC(C)(C)C(=O)N1CCCC(c2nc3c(nnn3Cc3ccc(C(C)(C)C)cc3)c(=O)[nH]2)C1. The van der Waals surface area contributed by atoms with Gasteiger partial charge in [-0.15, -0.1) is 5.10 Å². The van der Waals surface area contributed by atoms with E-state index in [0.29, 0.717) is 24.6 Å². The van der Waals surface area contributed by atoms with Crippen molar-refractivity contribution in [3.63, 3.8) is 0 Å². The molecule has 3 aromatic rings. The van der Waals surface area contributed by atoms with E-state index in [1.807, 2.05) is 25.7 Å². The largest absolute Gasteiger partial charge is 0.342 e. The van der Waals surface area contributed by atoms with E-state index in [2.05, 4.69) is 60.3 Å². The highest BCUT2D eigenvalue weighted by Crippen LogP contribution is 2.28. The minimum Gasteiger partial charge on any atom is -0.342 e. The van der Waals surface area contributed by atoms with Crippen molar-refractivity contribution in [3.8, 4) is 0 Å². The smallest absolute Gasteiger partial charge is 0.281 e. The number of piperidine rings is 1. The normalized spacial score (nSPS) is 17.5. The monoisotopic (exact) mass is 450 g/mol. The van der Waals surface area contributed by atoms with Crippen molar-refractivity contribution in [2.75, 3.05) is 13.1 Å². The van der Waals surface area contributed by atoms with Gasteiger partial charge in [-0.05, 0) is 29.4 Å². The van der Waals surface area contributed by atoms with Gasteiger partial charge in [0.25, 0.3) is 5.56 Å². The lowest BCUT2D eigenvalue weighted by Crippen LogP contribution is -2.45. The van der Waals surface area contributed by atoms with E-state index in [-0.39, 0.29) is 28.3 Å². The minimum absolute atomic E-state index is 0.0171. The highest BCUT2D eigenvalue weighted by atomic mass is 16.2. The van der Waals surface area contributed by atoms with Gasteiger partial charge in [0.2, 0.25) is 5.91 Å². The van der Waals surface area contributed by atoms with Crippen LogP contribution >= 0.6 is 0 Å². The number of H-pyrrole nitrogens is 1. The molecule has 33 heavy (non-hydrogen) atoms. The number of carbonyl (C=O) groups is 1. The van der Waals surface area contributed by atoms with Crippen molar-refractivity contribution >= 4 is 17.1 Å².